The number of ether oxygens (including phenoxy) is 1. The Balaban J connectivity index is 1.78. The van der Waals surface area contributed by atoms with Crippen LogP contribution in [0.1, 0.15) is 52.5 Å². The Labute approximate surface area is 163 Å². The van der Waals surface area contributed by atoms with Gasteiger partial charge in [-0.05, 0) is 42.2 Å². The number of hydrogen-bond acceptors (Lipinski definition) is 4. The van der Waals surface area contributed by atoms with Gasteiger partial charge < -0.3 is 10.1 Å². The van der Waals surface area contributed by atoms with Gasteiger partial charge in [-0.25, -0.2) is 0 Å². The molecule has 0 fully saturated rings. The molecule has 0 aromatic heterocycles. The molecule has 2 aromatic rings. The number of carbonyl (C=O) groups excluding carboxylic acids is 3. The standard InChI is InChI=1S/C21H22ClNO4/c1-3-14(2)15-4-6-16(7-5-15)19(24)13-27-20(25)12-23-21(26)17-8-10-18(22)11-9-17/h4-11,14H,3,12-13H2,1-2H3,(H,23,26)/t14-/m1/s1. The molecule has 0 saturated heterocycles. The molecule has 2 rings (SSSR count). The number of amides is 1. The van der Waals surface area contributed by atoms with Crippen LogP contribution in [0.15, 0.2) is 48.5 Å². The van der Waals surface area contributed by atoms with E-state index in [9.17, 15) is 14.4 Å². The van der Waals surface area contributed by atoms with Gasteiger partial charge in [-0.15, -0.1) is 0 Å². The lowest BCUT2D eigenvalue weighted by molar-refractivity contribution is -0.141. The zero-order valence-electron chi connectivity index (χ0n) is 15.3. The summed E-state index contributed by atoms with van der Waals surface area (Å²) in [4.78, 5) is 35.8. The molecule has 0 unspecified atom stereocenters. The van der Waals surface area contributed by atoms with Crippen LogP contribution < -0.4 is 5.32 Å². The molecule has 1 atom stereocenters. The maximum absolute atomic E-state index is 12.1. The van der Waals surface area contributed by atoms with Crippen LogP contribution in [0.25, 0.3) is 0 Å². The Morgan fingerprint density at radius 2 is 1.59 bits per heavy atom. The van der Waals surface area contributed by atoms with Gasteiger partial charge in [0.2, 0.25) is 0 Å². The summed E-state index contributed by atoms with van der Waals surface area (Å²) >= 11 is 5.76. The summed E-state index contributed by atoms with van der Waals surface area (Å²) in [6.45, 7) is 3.55. The Kier molecular flexibility index (Phi) is 7.55. The van der Waals surface area contributed by atoms with Gasteiger partial charge in [0.15, 0.2) is 12.4 Å². The zero-order valence-corrected chi connectivity index (χ0v) is 16.1. The number of nitrogens with one attached hydrogen (secondary N) is 1. The minimum absolute atomic E-state index is 0.289. The fraction of sp³-hybridized carbons (Fsp3) is 0.286. The highest BCUT2D eigenvalue weighted by molar-refractivity contribution is 6.30. The summed E-state index contributed by atoms with van der Waals surface area (Å²) in [7, 11) is 0. The van der Waals surface area contributed by atoms with Gasteiger partial charge in [0.05, 0.1) is 0 Å². The monoisotopic (exact) mass is 387 g/mol. The van der Waals surface area contributed by atoms with Crippen LogP contribution in [0, 0.1) is 0 Å². The van der Waals surface area contributed by atoms with E-state index in [0.29, 0.717) is 22.1 Å². The van der Waals surface area contributed by atoms with Crippen molar-refractivity contribution < 1.29 is 19.1 Å². The lowest BCUT2D eigenvalue weighted by Crippen LogP contribution is -2.31. The second kappa shape index (κ2) is 9.88. The quantitative estimate of drug-likeness (QED) is 0.548. The summed E-state index contributed by atoms with van der Waals surface area (Å²) in [6, 6.07) is 13.6. The van der Waals surface area contributed by atoms with Crippen molar-refractivity contribution in [3.8, 4) is 0 Å². The highest BCUT2D eigenvalue weighted by Gasteiger charge is 2.13. The number of rotatable bonds is 8. The van der Waals surface area contributed by atoms with E-state index in [4.69, 9.17) is 16.3 Å². The van der Waals surface area contributed by atoms with Gasteiger partial charge in [0.25, 0.3) is 5.91 Å². The predicted octanol–water partition coefficient (Wildman–Crippen LogP) is 4.01. The lowest BCUT2D eigenvalue weighted by Gasteiger charge is -2.10. The van der Waals surface area contributed by atoms with Gasteiger partial charge in [0.1, 0.15) is 6.54 Å². The van der Waals surface area contributed by atoms with Crippen molar-refractivity contribution in [1.29, 1.82) is 0 Å². The Hall–Kier alpha value is -2.66. The van der Waals surface area contributed by atoms with E-state index >= 15 is 0 Å². The molecule has 1 N–H and O–H groups in total. The minimum atomic E-state index is -0.679. The molecule has 0 aliphatic rings. The third-order valence-electron chi connectivity index (χ3n) is 4.28. The van der Waals surface area contributed by atoms with E-state index in [1.165, 1.54) is 0 Å². The molecule has 0 aliphatic heterocycles. The van der Waals surface area contributed by atoms with Crippen LogP contribution in [0.4, 0.5) is 0 Å². The molecule has 0 spiro atoms. The normalized spacial score (nSPS) is 11.5. The largest absolute Gasteiger partial charge is 0.456 e. The molecule has 6 heteroatoms. The van der Waals surface area contributed by atoms with Crippen molar-refractivity contribution in [3.05, 3.63) is 70.2 Å². The SMILES string of the molecule is CC[C@@H](C)c1ccc(C(=O)COC(=O)CNC(=O)c2ccc(Cl)cc2)cc1. The van der Waals surface area contributed by atoms with Gasteiger partial charge in [-0.3, -0.25) is 14.4 Å². The van der Waals surface area contributed by atoms with E-state index in [-0.39, 0.29) is 18.9 Å². The van der Waals surface area contributed by atoms with E-state index in [0.717, 1.165) is 12.0 Å². The first-order chi connectivity index (χ1) is 12.9. The van der Waals surface area contributed by atoms with Crippen molar-refractivity contribution in [2.75, 3.05) is 13.2 Å². The van der Waals surface area contributed by atoms with E-state index in [2.05, 4.69) is 19.2 Å². The summed E-state index contributed by atoms with van der Waals surface area (Å²) in [5.74, 6) is -0.961. The summed E-state index contributed by atoms with van der Waals surface area (Å²) in [5, 5.41) is 2.96. The smallest absolute Gasteiger partial charge is 0.325 e. The summed E-state index contributed by atoms with van der Waals surface area (Å²) in [5.41, 5.74) is 2.03. The average Bonchev–Trinajstić information content (AvgIpc) is 2.70. The topological polar surface area (TPSA) is 72.5 Å². The molecule has 0 heterocycles. The molecule has 1 amide bonds. The first-order valence-corrected chi connectivity index (χ1v) is 9.11. The van der Waals surface area contributed by atoms with Crippen LogP contribution in [0.2, 0.25) is 5.02 Å². The maximum atomic E-state index is 12.1. The number of esters is 1. The van der Waals surface area contributed by atoms with Crippen LogP contribution in [0.5, 0.6) is 0 Å². The average molecular weight is 388 g/mol. The zero-order chi connectivity index (χ0) is 19.8. The fourth-order valence-electron chi connectivity index (χ4n) is 2.37. The Morgan fingerprint density at radius 3 is 2.19 bits per heavy atom. The third kappa shape index (κ3) is 6.22. The van der Waals surface area contributed by atoms with Gasteiger partial charge in [0, 0.05) is 16.1 Å². The molecule has 5 nitrogen and oxygen atoms in total. The maximum Gasteiger partial charge on any atom is 0.325 e. The van der Waals surface area contributed by atoms with Crippen LogP contribution in [-0.4, -0.2) is 30.8 Å². The van der Waals surface area contributed by atoms with E-state index in [1.807, 2.05) is 12.1 Å². The molecule has 2 aromatic carbocycles. The Bertz CT molecular complexity index is 800. The molecule has 0 radical (unpaired) electrons. The van der Waals surface area contributed by atoms with Gasteiger partial charge >= 0.3 is 5.97 Å². The molecular weight excluding hydrogens is 366 g/mol. The van der Waals surface area contributed by atoms with Crippen molar-refractivity contribution in [1.82, 2.24) is 5.32 Å². The van der Waals surface area contributed by atoms with Crippen molar-refractivity contribution >= 4 is 29.3 Å². The van der Waals surface area contributed by atoms with Crippen molar-refractivity contribution in [3.63, 3.8) is 0 Å². The lowest BCUT2D eigenvalue weighted by atomic mass is 9.97. The molecule has 0 aliphatic carbocycles. The number of benzene rings is 2. The number of carbonyl (C=O) groups is 3. The second-order valence-electron chi connectivity index (χ2n) is 6.20. The number of ketones is 1. The first-order valence-electron chi connectivity index (χ1n) is 8.73. The highest BCUT2D eigenvalue weighted by Crippen LogP contribution is 2.19. The summed E-state index contributed by atoms with van der Waals surface area (Å²) < 4.78 is 4.94. The van der Waals surface area contributed by atoms with Crippen molar-refractivity contribution in [2.45, 2.75) is 26.2 Å². The van der Waals surface area contributed by atoms with E-state index < -0.39 is 11.9 Å². The van der Waals surface area contributed by atoms with Crippen molar-refractivity contribution in [2.24, 2.45) is 0 Å². The van der Waals surface area contributed by atoms with Gasteiger partial charge in [-0.2, -0.15) is 0 Å². The summed E-state index contributed by atoms with van der Waals surface area (Å²) in [6.07, 6.45) is 1.02. The van der Waals surface area contributed by atoms with Crippen LogP contribution in [0.3, 0.4) is 0 Å². The fourth-order valence-corrected chi connectivity index (χ4v) is 2.50. The molecule has 0 bridgehead atoms. The van der Waals surface area contributed by atoms with E-state index in [1.54, 1.807) is 36.4 Å². The molecule has 27 heavy (non-hydrogen) atoms. The van der Waals surface area contributed by atoms with Crippen LogP contribution in [-0.2, 0) is 9.53 Å². The Morgan fingerprint density at radius 1 is 1.00 bits per heavy atom. The number of hydrogen-bond donors (Lipinski definition) is 1. The highest BCUT2D eigenvalue weighted by atomic mass is 35.5. The molecule has 142 valence electrons. The number of halogens is 1. The molecular formula is C21H22ClNO4. The van der Waals surface area contributed by atoms with Gasteiger partial charge in [-0.1, -0.05) is 49.7 Å². The number of Topliss-reactive ketones (excluding diaryl/α,β-unsaturated/α-hetero) is 1. The minimum Gasteiger partial charge on any atom is -0.456 e. The second-order valence-corrected chi connectivity index (χ2v) is 6.64. The van der Waals surface area contributed by atoms with Crippen LogP contribution >= 0.6 is 11.6 Å². The third-order valence-corrected chi connectivity index (χ3v) is 4.53. The molecule has 0 saturated carbocycles. The first kappa shape index (κ1) is 20.6. The predicted molar refractivity (Wildman–Crippen MR) is 104 cm³/mol.